The summed E-state index contributed by atoms with van der Waals surface area (Å²) in [6.45, 7) is 2.25. The van der Waals surface area contributed by atoms with Crippen LogP contribution in [0.15, 0.2) is 0 Å². The quantitative estimate of drug-likeness (QED) is 0.552. The predicted octanol–water partition coefficient (Wildman–Crippen LogP) is 3.80. The van der Waals surface area contributed by atoms with Crippen LogP contribution in [0.5, 0.6) is 0 Å². The van der Waals surface area contributed by atoms with Gasteiger partial charge in [0.25, 0.3) is 0 Å². The van der Waals surface area contributed by atoms with Crippen molar-refractivity contribution in [2.75, 3.05) is 0 Å². The Morgan fingerprint density at radius 2 is 1.87 bits per heavy atom. The molecule has 2 heteroatoms. The highest BCUT2D eigenvalue weighted by Gasteiger charge is 2.40. The molecular formula is C13H21BrO. The summed E-state index contributed by atoms with van der Waals surface area (Å²) in [5, 5.41) is 0. The molecule has 2 aliphatic carbocycles. The summed E-state index contributed by atoms with van der Waals surface area (Å²) >= 11 is 3.74. The van der Waals surface area contributed by atoms with E-state index >= 15 is 0 Å². The normalized spacial score (nSPS) is 43.1. The SMILES string of the molecule is C[C@H](Br)C1CCCC2CCCC1C2C=O. The zero-order chi connectivity index (χ0) is 10.8. The molecule has 1 nitrogen and oxygen atoms in total. The second-order valence-electron chi connectivity index (χ2n) is 5.34. The summed E-state index contributed by atoms with van der Waals surface area (Å²) in [7, 11) is 0. The van der Waals surface area contributed by atoms with Gasteiger partial charge in [-0.15, -0.1) is 0 Å². The van der Waals surface area contributed by atoms with Crippen molar-refractivity contribution in [1.82, 2.24) is 0 Å². The van der Waals surface area contributed by atoms with Gasteiger partial charge in [-0.05, 0) is 43.4 Å². The van der Waals surface area contributed by atoms with Crippen LogP contribution in [-0.2, 0) is 4.79 Å². The van der Waals surface area contributed by atoms with Crippen molar-refractivity contribution in [3.8, 4) is 0 Å². The number of alkyl halides is 1. The van der Waals surface area contributed by atoms with Crippen molar-refractivity contribution in [3.63, 3.8) is 0 Å². The summed E-state index contributed by atoms with van der Waals surface area (Å²) < 4.78 is 0. The molecule has 2 saturated carbocycles. The lowest BCUT2D eigenvalue weighted by molar-refractivity contribution is -0.116. The fraction of sp³-hybridized carbons (Fsp3) is 0.923. The molecule has 0 spiro atoms. The van der Waals surface area contributed by atoms with E-state index in [1.54, 1.807) is 0 Å². The Balaban J connectivity index is 2.19. The van der Waals surface area contributed by atoms with E-state index < -0.39 is 0 Å². The summed E-state index contributed by atoms with van der Waals surface area (Å²) in [4.78, 5) is 11.9. The number of carbonyl (C=O) groups excluding carboxylic acids is 1. The lowest BCUT2D eigenvalue weighted by Gasteiger charge is -2.37. The van der Waals surface area contributed by atoms with Crippen LogP contribution in [-0.4, -0.2) is 11.1 Å². The third-order valence-electron chi connectivity index (χ3n) is 4.56. The second kappa shape index (κ2) is 4.99. The van der Waals surface area contributed by atoms with Crippen molar-refractivity contribution < 1.29 is 4.79 Å². The van der Waals surface area contributed by atoms with Gasteiger partial charge in [0.05, 0.1) is 0 Å². The Hall–Kier alpha value is 0.150. The molecule has 0 N–H and O–H groups in total. The maximum Gasteiger partial charge on any atom is 0.123 e. The molecule has 2 bridgehead atoms. The van der Waals surface area contributed by atoms with Crippen LogP contribution in [0.4, 0.5) is 0 Å². The zero-order valence-electron chi connectivity index (χ0n) is 9.49. The molecule has 2 aliphatic rings. The molecule has 2 rings (SSSR count). The second-order valence-corrected chi connectivity index (χ2v) is 6.78. The van der Waals surface area contributed by atoms with Crippen LogP contribution < -0.4 is 0 Å². The first-order valence-electron chi connectivity index (χ1n) is 6.33. The van der Waals surface area contributed by atoms with E-state index in [9.17, 15) is 4.79 Å². The van der Waals surface area contributed by atoms with Crippen LogP contribution in [0.3, 0.4) is 0 Å². The van der Waals surface area contributed by atoms with Crippen molar-refractivity contribution in [2.24, 2.45) is 23.7 Å². The number of rotatable bonds is 2. The minimum Gasteiger partial charge on any atom is -0.303 e. The summed E-state index contributed by atoms with van der Waals surface area (Å²) in [5.74, 6) is 2.47. The van der Waals surface area contributed by atoms with Crippen molar-refractivity contribution in [1.29, 1.82) is 0 Å². The first kappa shape index (κ1) is 11.6. The van der Waals surface area contributed by atoms with Gasteiger partial charge in [0, 0.05) is 10.7 Å². The fourth-order valence-corrected chi connectivity index (χ4v) is 4.46. The average molecular weight is 273 g/mol. The molecule has 0 aromatic heterocycles. The molecule has 4 unspecified atom stereocenters. The van der Waals surface area contributed by atoms with Crippen LogP contribution in [0, 0.1) is 23.7 Å². The lowest BCUT2D eigenvalue weighted by Crippen LogP contribution is -2.34. The van der Waals surface area contributed by atoms with Gasteiger partial charge < -0.3 is 4.79 Å². The van der Waals surface area contributed by atoms with Crippen LogP contribution in [0.1, 0.15) is 45.4 Å². The first-order chi connectivity index (χ1) is 7.24. The van der Waals surface area contributed by atoms with Gasteiger partial charge in [0.2, 0.25) is 0 Å². The van der Waals surface area contributed by atoms with E-state index in [0.717, 1.165) is 5.92 Å². The molecular weight excluding hydrogens is 252 g/mol. The predicted molar refractivity (Wildman–Crippen MR) is 66.1 cm³/mol. The highest BCUT2D eigenvalue weighted by Crippen LogP contribution is 2.46. The fourth-order valence-electron chi connectivity index (χ4n) is 3.80. The Labute approximate surface area is 101 Å². The van der Waals surface area contributed by atoms with Gasteiger partial charge in [0.1, 0.15) is 6.29 Å². The van der Waals surface area contributed by atoms with Gasteiger partial charge >= 0.3 is 0 Å². The average Bonchev–Trinajstić information content (AvgIpc) is 2.31. The molecule has 2 fully saturated rings. The molecule has 0 heterocycles. The Morgan fingerprint density at radius 3 is 2.47 bits per heavy atom. The van der Waals surface area contributed by atoms with Crippen LogP contribution in [0.2, 0.25) is 0 Å². The van der Waals surface area contributed by atoms with Gasteiger partial charge in [0.15, 0.2) is 0 Å². The number of carbonyl (C=O) groups is 1. The monoisotopic (exact) mass is 272 g/mol. The maximum absolute atomic E-state index is 11.3. The number of hydrogen-bond donors (Lipinski definition) is 0. The molecule has 0 aliphatic heterocycles. The smallest absolute Gasteiger partial charge is 0.123 e. The van der Waals surface area contributed by atoms with Gasteiger partial charge in [-0.2, -0.15) is 0 Å². The Bertz CT molecular complexity index is 227. The number of hydrogen-bond acceptors (Lipinski definition) is 1. The van der Waals surface area contributed by atoms with Gasteiger partial charge in [-0.3, -0.25) is 0 Å². The first-order valence-corrected chi connectivity index (χ1v) is 7.25. The minimum absolute atomic E-state index is 0.367. The summed E-state index contributed by atoms with van der Waals surface area (Å²) in [6, 6.07) is 0. The molecule has 0 aromatic carbocycles. The molecule has 0 amide bonds. The summed E-state index contributed by atoms with van der Waals surface area (Å²) in [5.41, 5.74) is 0. The molecule has 0 saturated heterocycles. The van der Waals surface area contributed by atoms with Gasteiger partial charge in [-0.1, -0.05) is 35.7 Å². The molecule has 15 heavy (non-hydrogen) atoms. The van der Waals surface area contributed by atoms with E-state index in [4.69, 9.17) is 0 Å². The molecule has 5 atom stereocenters. The Morgan fingerprint density at radius 1 is 1.20 bits per heavy atom. The summed E-state index contributed by atoms with van der Waals surface area (Å²) in [6.07, 6.45) is 9.11. The van der Waals surface area contributed by atoms with Crippen LogP contribution in [0.25, 0.3) is 0 Å². The number of fused-ring (bicyclic) bond motifs is 2. The van der Waals surface area contributed by atoms with Crippen molar-refractivity contribution in [3.05, 3.63) is 0 Å². The van der Waals surface area contributed by atoms with E-state index in [2.05, 4.69) is 22.9 Å². The third kappa shape index (κ3) is 2.30. The van der Waals surface area contributed by atoms with E-state index in [0.29, 0.717) is 22.6 Å². The van der Waals surface area contributed by atoms with Crippen molar-refractivity contribution in [2.45, 2.75) is 50.3 Å². The van der Waals surface area contributed by atoms with E-state index in [1.807, 2.05) is 0 Å². The highest BCUT2D eigenvalue weighted by molar-refractivity contribution is 9.09. The van der Waals surface area contributed by atoms with Gasteiger partial charge in [-0.25, -0.2) is 0 Å². The largest absolute Gasteiger partial charge is 0.303 e. The standard InChI is InChI=1S/C13H21BrO/c1-9(14)11-6-2-4-10-5-3-7-12(11)13(10)8-15/h8-13H,2-7H2,1H3/t9-,10?,11?,12?,13?/m0/s1. The lowest BCUT2D eigenvalue weighted by atomic mass is 9.68. The third-order valence-corrected chi connectivity index (χ3v) is 5.24. The van der Waals surface area contributed by atoms with E-state index in [1.165, 1.54) is 44.8 Å². The van der Waals surface area contributed by atoms with Crippen LogP contribution >= 0.6 is 15.9 Å². The Kier molecular flexibility index (Phi) is 3.87. The highest BCUT2D eigenvalue weighted by atomic mass is 79.9. The maximum atomic E-state index is 11.3. The topological polar surface area (TPSA) is 17.1 Å². The molecule has 0 radical (unpaired) electrons. The van der Waals surface area contributed by atoms with Crippen molar-refractivity contribution >= 4 is 22.2 Å². The number of aldehydes is 1. The molecule has 0 aromatic rings. The molecule has 86 valence electrons. The van der Waals surface area contributed by atoms with E-state index in [-0.39, 0.29) is 0 Å². The zero-order valence-corrected chi connectivity index (χ0v) is 11.1. The number of halogens is 1. The minimum atomic E-state index is 0.367.